The molecule has 40 valence electrons. The van der Waals surface area contributed by atoms with Gasteiger partial charge in [-0.05, 0) is 12.8 Å². The molecule has 8 heavy (non-hydrogen) atoms. The molecule has 0 saturated heterocycles. The Kier molecular flexibility index (Phi) is 1.01. The summed E-state index contributed by atoms with van der Waals surface area (Å²) in [6.07, 6.45) is 4.97. The molecule has 0 amide bonds. The van der Waals surface area contributed by atoms with Crippen molar-refractivity contribution in [2.75, 3.05) is 0 Å². The minimum absolute atomic E-state index is 0.419. The predicted octanol–water partition coefficient (Wildman–Crippen LogP) is 0.0944. The number of aromatic amines is 1. The van der Waals surface area contributed by atoms with Crippen LogP contribution in [-0.2, 0) is 0 Å². The van der Waals surface area contributed by atoms with E-state index < -0.39 is 0 Å². The van der Waals surface area contributed by atoms with E-state index in [4.69, 9.17) is 6.42 Å². The molecular weight excluding hydrogens is 102 g/mol. The van der Waals surface area contributed by atoms with E-state index >= 15 is 0 Å². The van der Waals surface area contributed by atoms with E-state index in [0.717, 1.165) is 5.82 Å². The standard InChI is InChI=1S/C5H5N3/c1-3-5-6-4(2)7-8-5/h1H,2H3,(H,6,7,8). The van der Waals surface area contributed by atoms with E-state index in [1.165, 1.54) is 0 Å². The van der Waals surface area contributed by atoms with Crippen molar-refractivity contribution in [2.45, 2.75) is 6.92 Å². The van der Waals surface area contributed by atoms with Crippen LogP contribution in [0.3, 0.4) is 0 Å². The second-order valence-electron chi connectivity index (χ2n) is 1.39. The molecule has 0 fully saturated rings. The molecule has 0 aliphatic rings. The Bertz CT molecular complexity index is 218. The fourth-order valence-electron chi connectivity index (χ4n) is 0.407. The minimum atomic E-state index is 0.419. The summed E-state index contributed by atoms with van der Waals surface area (Å²) in [4.78, 5) is 3.83. The summed E-state index contributed by atoms with van der Waals surface area (Å²) in [5, 5.41) is 6.28. The molecule has 3 heteroatoms. The summed E-state index contributed by atoms with van der Waals surface area (Å²) in [5.41, 5.74) is 0. The SMILES string of the molecule is C#Cc1n[nH]c(C)n1. The van der Waals surface area contributed by atoms with Gasteiger partial charge in [0, 0.05) is 0 Å². The van der Waals surface area contributed by atoms with Gasteiger partial charge in [-0.15, -0.1) is 11.5 Å². The number of nitrogens with zero attached hydrogens (tertiary/aromatic N) is 2. The molecule has 0 bridgehead atoms. The molecule has 0 aliphatic heterocycles. The normalized spacial score (nSPS) is 8.50. The van der Waals surface area contributed by atoms with E-state index in [0.29, 0.717) is 5.82 Å². The predicted molar refractivity (Wildman–Crippen MR) is 29.1 cm³/mol. The summed E-state index contributed by atoms with van der Waals surface area (Å²) in [6.45, 7) is 1.80. The number of nitrogens with one attached hydrogen (secondary N) is 1. The molecule has 0 radical (unpaired) electrons. The van der Waals surface area contributed by atoms with Crippen LogP contribution in [0.5, 0.6) is 0 Å². The molecular formula is C5H5N3. The molecule has 1 rings (SSSR count). The fraction of sp³-hybridized carbons (Fsp3) is 0.200. The van der Waals surface area contributed by atoms with Gasteiger partial charge in [0.1, 0.15) is 5.82 Å². The number of H-pyrrole nitrogens is 1. The maximum atomic E-state index is 4.97. The highest BCUT2D eigenvalue weighted by atomic mass is 15.2. The fourth-order valence-corrected chi connectivity index (χ4v) is 0.407. The highest BCUT2D eigenvalue weighted by Crippen LogP contribution is 1.84. The maximum Gasteiger partial charge on any atom is 0.225 e. The molecule has 1 N–H and O–H groups in total. The third-order valence-corrected chi connectivity index (χ3v) is 0.726. The maximum absolute atomic E-state index is 4.97. The molecule has 3 nitrogen and oxygen atoms in total. The van der Waals surface area contributed by atoms with Gasteiger partial charge in [0.25, 0.3) is 0 Å². The van der Waals surface area contributed by atoms with Crippen molar-refractivity contribution in [3.63, 3.8) is 0 Å². The average molecular weight is 107 g/mol. The number of hydrogen-bond donors (Lipinski definition) is 1. The van der Waals surface area contributed by atoms with Crippen molar-refractivity contribution >= 4 is 0 Å². The summed E-state index contributed by atoms with van der Waals surface area (Å²) in [7, 11) is 0. The minimum Gasteiger partial charge on any atom is -0.262 e. The van der Waals surface area contributed by atoms with Crippen molar-refractivity contribution in [2.24, 2.45) is 0 Å². The van der Waals surface area contributed by atoms with Gasteiger partial charge >= 0.3 is 0 Å². The summed E-state index contributed by atoms with van der Waals surface area (Å²) in [5.74, 6) is 3.46. The highest BCUT2D eigenvalue weighted by molar-refractivity contribution is 5.13. The number of terminal acetylenes is 1. The van der Waals surface area contributed by atoms with E-state index in [1.54, 1.807) is 6.92 Å². The topological polar surface area (TPSA) is 41.6 Å². The lowest BCUT2D eigenvalue weighted by atomic mass is 10.6. The molecule has 0 saturated carbocycles. The van der Waals surface area contributed by atoms with Crippen LogP contribution >= 0.6 is 0 Å². The lowest BCUT2D eigenvalue weighted by molar-refractivity contribution is 1.03. The van der Waals surface area contributed by atoms with Gasteiger partial charge in [0.05, 0.1) is 0 Å². The zero-order valence-electron chi connectivity index (χ0n) is 4.47. The third kappa shape index (κ3) is 0.684. The zero-order valence-corrected chi connectivity index (χ0v) is 4.47. The monoisotopic (exact) mass is 107 g/mol. The zero-order chi connectivity index (χ0) is 5.98. The van der Waals surface area contributed by atoms with Crippen molar-refractivity contribution in [1.82, 2.24) is 15.2 Å². The number of aryl methyl sites for hydroxylation is 1. The Balaban J connectivity index is 3.05. The lowest BCUT2D eigenvalue weighted by Crippen LogP contribution is -1.73. The molecule has 1 aromatic rings. The van der Waals surface area contributed by atoms with Gasteiger partial charge in [-0.3, -0.25) is 5.10 Å². The molecule has 0 unspecified atom stereocenters. The molecule has 0 aliphatic carbocycles. The van der Waals surface area contributed by atoms with Crippen LogP contribution in [0.25, 0.3) is 0 Å². The Hall–Kier alpha value is -1.30. The van der Waals surface area contributed by atoms with Crippen LogP contribution in [0.2, 0.25) is 0 Å². The third-order valence-electron chi connectivity index (χ3n) is 0.726. The quantitative estimate of drug-likeness (QED) is 0.477. The first-order chi connectivity index (χ1) is 3.83. The number of aromatic nitrogens is 3. The Labute approximate surface area is 47.1 Å². The molecule has 1 heterocycles. The Morgan fingerprint density at radius 1 is 1.75 bits per heavy atom. The van der Waals surface area contributed by atoms with Gasteiger partial charge < -0.3 is 0 Å². The number of rotatable bonds is 0. The van der Waals surface area contributed by atoms with Gasteiger partial charge in [-0.1, -0.05) is 0 Å². The van der Waals surface area contributed by atoms with E-state index in [2.05, 4.69) is 21.1 Å². The first kappa shape index (κ1) is 4.85. The van der Waals surface area contributed by atoms with Crippen LogP contribution in [0.15, 0.2) is 0 Å². The summed E-state index contributed by atoms with van der Waals surface area (Å²) in [6, 6.07) is 0. The highest BCUT2D eigenvalue weighted by Gasteiger charge is 1.89. The van der Waals surface area contributed by atoms with Gasteiger partial charge in [-0.25, -0.2) is 4.98 Å². The molecule has 0 spiro atoms. The van der Waals surface area contributed by atoms with Crippen LogP contribution in [0, 0.1) is 19.3 Å². The van der Waals surface area contributed by atoms with E-state index in [-0.39, 0.29) is 0 Å². The van der Waals surface area contributed by atoms with Crippen molar-refractivity contribution in [3.8, 4) is 12.3 Å². The van der Waals surface area contributed by atoms with Crippen molar-refractivity contribution in [3.05, 3.63) is 11.6 Å². The molecule has 0 atom stereocenters. The largest absolute Gasteiger partial charge is 0.262 e. The smallest absolute Gasteiger partial charge is 0.225 e. The second-order valence-corrected chi connectivity index (χ2v) is 1.39. The van der Waals surface area contributed by atoms with Crippen molar-refractivity contribution in [1.29, 1.82) is 0 Å². The van der Waals surface area contributed by atoms with Crippen molar-refractivity contribution < 1.29 is 0 Å². The van der Waals surface area contributed by atoms with Crippen LogP contribution in [0.4, 0.5) is 0 Å². The summed E-state index contributed by atoms with van der Waals surface area (Å²) >= 11 is 0. The van der Waals surface area contributed by atoms with Gasteiger partial charge in [0.15, 0.2) is 0 Å². The Morgan fingerprint density at radius 3 is 2.75 bits per heavy atom. The van der Waals surface area contributed by atoms with E-state index in [1.807, 2.05) is 0 Å². The summed E-state index contributed by atoms with van der Waals surface area (Å²) < 4.78 is 0. The number of hydrogen-bond acceptors (Lipinski definition) is 2. The average Bonchev–Trinajstić information content (AvgIpc) is 2.14. The molecule has 1 aromatic heterocycles. The second kappa shape index (κ2) is 1.66. The van der Waals surface area contributed by atoms with Crippen LogP contribution in [0.1, 0.15) is 11.6 Å². The Morgan fingerprint density at radius 2 is 2.50 bits per heavy atom. The van der Waals surface area contributed by atoms with Gasteiger partial charge in [-0.2, -0.15) is 0 Å². The first-order valence-electron chi connectivity index (χ1n) is 2.18. The first-order valence-corrected chi connectivity index (χ1v) is 2.18. The van der Waals surface area contributed by atoms with Crippen LogP contribution < -0.4 is 0 Å². The van der Waals surface area contributed by atoms with E-state index in [9.17, 15) is 0 Å². The lowest BCUT2D eigenvalue weighted by Gasteiger charge is -1.68. The van der Waals surface area contributed by atoms with Crippen LogP contribution in [-0.4, -0.2) is 15.2 Å². The molecule has 0 aromatic carbocycles. The van der Waals surface area contributed by atoms with Gasteiger partial charge in [0.2, 0.25) is 5.82 Å².